The third-order valence-corrected chi connectivity index (χ3v) is 5.73. The molecule has 25 heavy (non-hydrogen) atoms. The van der Waals surface area contributed by atoms with E-state index in [0.29, 0.717) is 21.6 Å². The number of nitrogen functional groups attached to an aromatic ring is 1. The average molecular weight is 381 g/mol. The number of anilines is 2. The molecule has 1 aliphatic heterocycles. The van der Waals surface area contributed by atoms with Crippen molar-refractivity contribution in [2.45, 2.75) is 41.8 Å². The average Bonchev–Trinajstić information content (AvgIpc) is 2.59. The van der Waals surface area contributed by atoms with Crippen LogP contribution in [0.5, 0.6) is 0 Å². The summed E-state index contributed by atoms with van der Waals surface area (Å²) < 4.78 is 0. The number of pyridine rings is 1. The van der Waals surface area contributed by atoms with Crippen molar-refractivity contribution in [1.82, 2.24) is 15.0 Å². The molecule has 1 fully saturated rings. The van der Waals surface area contributed by atoms with Gasteiger partial charge in [0.25, 0.3) is 0 Å². The van der Waals surface area contributed by atoms with Gasteiger partial charge >= 0.3 is 0 Å². The number of aliphatic hydroxyl groups excluding tert-OH is 1. The summed E-state index contributed by atoms with van der Waals surface area (Å²) in [5.41, 5.74) is 12.3. The van der Waals surface area contributed by atoms with Gasteiger partial charge in [0.15, 0.2) is 5.82 Å². The summed E-state index contributed by atoms with van der Waals surface area (Å²) in [4.78, 5) is 15.9. The highest BCUT2D eigenvalue weighted by atomic mass is 35.5. The second-order valence-corrected chi connectivity index (χ2v) is 7.83. The third-order valence-electron chi connectivity index (χ3n) is 4.25. The lowest BCUT2D eigenvalue weighted by atomic mass is 9.91. The van der Waals surface area contributed by atoms with Gasteiger partial charge in [-0.15, -0.1) is 0 Å². The number of piperidine rings is 1. The first kappa shape index (κ1) is 18.2. The molecule has 2 aromatic heterocycles. The lowest BCUT2D eigenvalue weighted by Crippen LogP contribution is -2.48. The van der Waals surface area contributed by atoms with Gasteiger partial charge < -0.3 is 21.5 Å². The third kappa shape index (κ3) is 4.14. The van der Waals surface area contributed by atoms with E-state index in [1.54, 1.807) is 18.5 Å². The molecule has 0 atom stereocenters. The van der Waals surface area contributed by atoms with Crippen LogP contribution in [0.15, 0.2) is 28.4 Å². The first-order chi connectivity index (χ1) is 11.9. The number of hydrogen-bond acceptors (Lipinski definition) is 8. The van der Waals surface area contributed by atoms with E-state index < -0.39 is 0 Å². The van der Waals surface area contributed by atoms with Crippen LogP contribution >= 0.6 is 23.4 Å². The Morgan fingerprint density at radius 1 is 1.36 bits per heavy atom. The van der Waals surface area contributed by atoms with Gasteiger partial charge in [-0.3, -0.25) is 0 Å². The quantitative estimate of drug-likeness (QED) is 0.738. The van der Waals surface area contributed by atoms with Gasteiger partial charge in [-0.25, -0.2) is 15.0 Å². The van der Waals surface area contributed by atoms with Crippen molar-refractivity contribution in [1.29, 1.82) is 0 Å². The normalized spacial score (nSPS) is 16.9. The Balaban J connectivity index is 1.81. The summed E-state index contributed by atoms with van der Waals surface area (Å²) in [5.74, 6) is 0.986. The van der Waals surface area contributed by atoms with Crippen molar-refractivity contribution in [3.63, 3.8) is 0 Å². The Hall–Kier alpha value is -1.61. The highest BCUT2D eigenvalue weighted by Gasteiger charge is 2.28. The summed E-state index contributed by atoms with van der Waals surface area (Å²) in [6.07, 6.45) is 5.03. The molecule has 5 N–H and O–H groups in total. The van der Waals surface area contributed by atoms with Gasteiger partial charge in [0.1, 0.15) is 16.5 Å². The lowest BCUT2D eigenvalue weighted by Gasteiger charge is -2.37. The number of nitrogens with two attached hydrogens (primary N) is 2. The van der Waals surface area contributed by atoms with Crippen LogP contribution in [0.1, 0.15) is 25.5 Å². The zero-order valence-electron chi connectivity index (χ0n) is 13.9. The van der Waals surface area contributed by atoms with E-state index in [1.807, 2.05) is 0 Å². The molecule has 3 rings (SSSR count). The van der Waals surface area contributed by atoms with E-state index in [4.69, 9.17) is 23.1 Å². The minimum Gasteiger partial charge on any atom is -0.390 e. The van der Waals surface area contributed by atoms with E-state index in [0.717, 1.165) is 30.8 Å². The highest BCUT2D eigenvalue weighted by molar-refractivity contribution is 7.99. The zero-order valence-corrected chi connectivity index (χ0v) is 15.5. The van der Waals surface area contributed by atoms with E-state index in [-0.39, 0.29) is 18.0 Å². The predicted molar refractivity (Wildman–Crippen MR) is 99.8 cm³/mol. The van der Waals surface area contributed by atoms with Crippen molar-refractivity contribution in [3.05, 3.63) is 29.2 Å². The van der Waals surface area contributed by atoms with Crippen molar-refractivity contribution in [2.75, 3.05) is 23.7 Å². The van der Waals surface area contributed by atoms with Crippen LogP contribution in [-0.2, 0) is 6.61 Å². The summed E-state index contributed by atoms with van der Waals surface area (Å²) in [5, 5.41) is 10.8. The summed E-state index contributed by atoms with van der Waals surface area (Å²) in [6, 6.07) is 1.77. The second-order valence-electron chi connectivity index (χ2n) is 6.39. The van der Waals surface area contributed by atoms with Crippen LogP contribution in [0.3, 0.4) is 0 Å². The first-order valence-electron chi connectivity index (χ1n) is 7.98. The molecule has 134 valence electrons. The molecule has 1 saturated heterocycles. The van der Waals surface area contributed by atoms with Crippen LogP contribution in [0, 0.1) is 0 Å². The van der Waals surface area contributed by atoms with Crippen molar-refractivity contribution in [3.8, 4) is 0 Å². The standard InChI is InChI=1S/C16H21ClN6OS/c1-16(19)3-6-23(7-4-16)15-10(9-24)22-12(8-21-15)25-11-2-5-20-14(18)13(11)17/h2,5,8,24H,3-4,6-7,9,19H2,1H3,(H2,18,20). The predicted octanol–water partition coefficient (Wildman–Crippen LogP) is 2.07. The first-order valence-corrected chi connectivity index (χ1v) is 9.17. The van der Waals surface area contributed by atoms with Crippen LogP contribution in [0.2, 0.25) is 5.02 Å². The Kier molecular flexibility index (Phi) is 5.33. The van der Waals surface area contributed by atoms with Crippen LogP contribution < -0.4 is 16.4 Å². The van der Waals surface area contributed by atoms with Crippen LogP contribution in [0.4, 0.5) is 11.6 Å². The minimum absolute atomic E-state index is 0.142. The number of aliphatic hydroxyl groups is 1. The largest absolute Gasteiger partial charge is 0.390 e. The molecular formula is C16H21ClN6OS. The number of rotatable bonds is 4. The van der Waals surface area contributed by atoms with Gasteiger partial charge in [-0.1, -0.05) is 23.4 Å². The van der Waals surface area contributed by atoms with E-state index in [9.17, 15) is 5.11 Å². The number of hydrogen-bond donors (Lipinski definition) is 3. The SMILES string of the molecule is CC1(N)CCN(c2ncc(Sc3ccnc(N)c3Cl)nc2CO)CC1. The van der Waals surface area contributed by atoms with Crippen LogP contribution in [0.25, 0.3) is 0 Å². The molecule has 0 amide bonds. The Morgan fingerprint density at radius 3 is 2.76 bits per heavy atom. The number of halogens is 1. The molecule has 0 saturated carbocycles. The number of aromatic nitrogens is 3. The fourth-order valence-electron chi connectivity index (χ4n) is 2.68. The van der Waals surface area contributed by atoms with Crippen molar-refractivity contribution >= 4 is 35.0 Å². The van der Waals surface area contributed by atoms with Gasteiger partial charge in [0.05, 0.1) is 17.8 Å². The maximum atomic E-state index is 9.72. The maximum absolute atomic E-state index is 9.72. The topological polar surface area (TPSA) is 114 Å². The fraction of sp³-hybridized carbons (Fsp3) is 0.438. The van der Waals surface area contributed by atoms with Crippen molar-refractivity contribution in [2.24, 2.45) is 5.73 Å². The summed E-state index contributed by atoms with van der Waals surface area (Å²) in [7, 11) is 0. The molecule has 2 aromatic rings. The highest BCUT2D eigenvalue weighted by Crippen LogP contribution is 2.35. The zero-order chi connectivity index (χ0) is 18.0. The summed E-state index contributed by atoms with van der Waals surface area (Å²) >= 11 is 7.51. The van der Waals surface area contributed by atoms with E-state index >= 15 is 0 Å². The molecule has 0 unspecified atom stereocenters. The maximum Gasteiger partial charge on any atom is 0.152 e. The van der Waals surface area contributed by atoms with Gasteiger partial charge in [0, 0.05) is 29.7 Å². The summed E-state index contributed by atoms with van der Waals surface area (Å²) in [6.45, 7) is 3.48. The van der Waals surface area contributed by atoms with Gasteiger partial charge in [-0.2, -0.15) is 0 Å². The molecule has 0 radical (unpaired) electrons. The van der Waals surface area contributed by atoms with Crippen molar-refractivity contribution < 1.29 is 5.11 Å². The lowest BCUT2D eigenvalue weighted by molar-refractivity contribution is 0.274. The molecule has 0 spiro atoms. The molecular weight excluding hydrogens is 360 g/mol. The van der Waals surface area contributed by atoms with Gasteiger partial charge in [-0.05, 0) is 25.8 Å². The van der Waals surface area contributed by atoms with E-state index in [1.165, 1.54) is 11.8 Å². The van der Waals surface area contributed by atoms with E-state index in [2.05, 4.69) is 26.8 Å². The Morgan fingerprint density at radius 2 is 2.08 bits per heavy atom. The molecule has 7 nitrogen and oxygen atoms in total. The smallest absolute Gasteiger partial charge is 0.152 e. The van der Waals surface area contributed by atoms with Gasteiger partial charge in [0.2, 0.25) is 0 Å². The molecule has 1 aliphatic rings. The molecule has 9 heteroatoms. The minimum atomic E-state index is -0.181. The second kappa shape index (κ2) is 7.33. The molecule has 3 heterocycles. The molecule has 0 aliphatic carbocycles. The van der Waals surface area contributed by atoms with Crippen LogP contribution in [-0.4, -0.2) is 38.7 Å². The number of nitrogens with zero attached hydrogens (tertiary/aromatic N) is 4. The Labute approximate surface area is 155 Å². The monoisotopic (exact) mass is 380 g/mol. The molecule has 0 bridgehead atoms. The Bertz CT molecular complexity index is 762. The fourth-order valence-corrected chi connectivity index (χ4v) is 3.72. The molecule has 0 aromatic carbocycles.